The smallest absolute Gasteiger partial charge is 0.293 e. The molecule has 1 amide bonds. The van der Waals surface area contributed by atoms with Gasteiger partial charge in [0.1, 0.15) is 5.75 Å². The lowest BCUT2D eigenvalue weighted by Gasteiger charge is -2.33. The van der Waals surface area contributed by atoms with Crippen LogP contribution >= 0.6 is 28.3 Å². The number of phenolic OH excluding ortho intramolecular Hbond substituents is 1. The summed E-state index contributed by atoms with van der Waals surface area (Å²) in [6.45, 7) is 3.45. The zero-order valence-electron chi connectivity index (χ0n) is 17.7. The molecule has 4 rings (SSSR count). The minimum atomic E-state index is -0.559. The molecule has 3 heterocycles. The number of hydrogen-bond acceptors (Lipinski definition) is 10. The van der Waals surface area contributed by atoms with Crippen molar-refractivity contribution in [3.05, 3.63) is 39.6 Å². The molecule has 2 aromatic heterocycles. The number of carbonyl (C=O) groups is 1. The monoisotopic (exact) mass is 539 g/mol. The first-order valence-electron chi connectivity index (χ1n) is 10.0. The van der Waals surface area contributed by atoms with Crippen LogP contribution in [0.1, 0.15) is 47.9 Å². The van der Waals surface area contributed by atoms with Gasteiger partial charge >= 0.3 is 0 Å². The number of anilines is 1. The Morgan fingerprint density at radius 3 is 2.97 bits per heavy atom. The van der Waals surface area contributed by atoms with E-state index in [1.165, 1.54) is 23.4 Å². The number of nitrogen functional groups attached to an aromatic ring is 1. The number of piperidine rings is 1. The number of aromatic hydroxyl groups is 1. The summed E-state index contributed by atoms with van der Waals surface area (Å²) in [5.41, 5.74) is 9.29. The minimum Gasteiger partial charge on any atom is -0.507 e. The van der Waals surface area contributed by atoms with Crippen LogP contribution in [0.5, 0.6) is 5.75 Å². The van der Waals surface area contributed by atoms with Crippen molar-refractivity contribution in [3.63, 3.8) is 0 Å². The Morgan fingerprint density at radius 1 is 1.42 bits per heavy atom. The summed E-state index contributed by atoms with van der Waals surface area (Å²) in [6, 6.07) is 5.23. The van der Waals surface area contributed by atoms with Gasteiger partial charge in [0.25, 0.3) is 5.91 Å². The number of nitrogens with one attached hydrogen (secondary N) is 1. The second kappa shape index (κ2) is 10.7. The molecular formula is C19H23BrClN9O3. The standard InChI is InChI=1S/C19H22BrN9O3.ClH/c1-11-4-2-3-7-28(11)10-14-16(23-27-29(14)18-17(21)25-32-26-18)19(31)24-22-9-12-8-13(20)5-6-15(12)30;/h5-6,8-9,11,30H,2-4,7,10H2,1H3,(H2,21,25)(H,24,31);1H/b22-9-;. The topological polar surface area (TPSA) is 161 Å². The van der Waals surface area contributed by atoms with Crippen LogP contribution in [-0.4, -0.2) is 60.0 Å². The van der Waals surface area contributed by atoms with E-state index in [-0.39, 0.29) is 35.5 Å². The number of aromatic nitrogens is 5. The van der Waals surface area contributed by atoms with Crippen LogP contribution < -0.4 is 11.2 Å². The number of rotatable bonds is 6. The molecule has 176 valence electrons. The Balaban J connectivity index is 0.00000306. The molecule has 1 aliphatic heterocycles. The van der Waals surface area contributed by atoms with Crippen LogP contribution in [0.3, 0.4) is 0 Å². The molecule has 4 N–H and O–H groups in total. The van der Waals surface area contributed by atoms with Crippen molar-refractivity contribution in [2.75, 3.05) is 12.3 Å². The van der Waals surface area contributed by atoms with E-state index in [4.69, 9.17) is 10.4 Å². The van der Waals surface area contributed by atoms with Gasteiger partial charge < -0.3 is 10.8 Å². The fourth-order valence-electron chi connectivity index (χ4n) is 3.55. The molecule has 0 radical (unpaired) electrons. The van der Waals surface area contributed by atoms with Gasteiger partial charge in [0, 0.05) is 22.6 Å². The lowest BCUT2D eigenvalue weighted by atomic mass is 10.0. The Morgan fingerprint density at radius 2 is 2.24 bits per heavy atom. The molecule has 0 aliphatic carbocycles. The predicted octanol–water partition coefficient (Wildman–Crippen LogP) is 2.26. The third-order valence-electron chi connectivity index (χ3n) is 5.33. The van der Waals surface area contributed by atoms with Gasteiger partial charge in [-0.25, -0.2) is 10.1 Å². The van der Waals surface area contributed by atoms with Crippen LogP contribution in [0, 0.1) is 0 Å². The molecule has 1 aromatic carbocycles. The number of benzene rings is 1. The van der Waals surface area contributed by atoms with Crippen LogP contribution in [0.25, 0.3) is 5.82 Å². The van der Waals surface area contributed by atoms with Crippen molar-refractivity contribution in [2.24, 2.45) is 5.10 Å². The van der Waals surface area contributed by atoms with Gasteiger partial charge in [0.05, 0.1) is 11.9 Å². The maximum atomic E-state index is 12.9. The number of amides is 1. The molecule has 0 spiro atoms. The molecular weight excluding hydrogens is 518 g/mol. The zero-order valence-corrected chi connectivity index (χ0v) is 20.1. The quantitative estimate of drug-likeness (QED) is 0.314. The van der Waals surface area contributed by atoms with Crippen LogP contribution in [0.15, 0.2) is 32.4 Å². The Kier molecular flexibility index (Phi) is 8.00. The normalized spacial score (nSPS) is 16.6. The molecule has 1 atom stereocenters. The fourth-order valence-corrected chi connectivity index (χ4v) is 3.93. The highest BCUT2D eigenvalue weighted by atomic mass is 79.9. The van der Waals surface area contributed by atoms with E-state index in [0.29, 0.717) is 23.8 Å². The first-order chi connectivity index (χ1) is 15.4. The second-order valence-electron chi connectivity index (χ2n) is 7.49. The summed E-state index contributed by atoms with van der Waals surface area (Å²) in [6.07, 6.45) is 4.65. The number of halogens is 2. The summed E-state index contributed by atoms with van der Waals surface area (Å²) in [5.74, 6) is -0.320. The van der Waals surface area contributed by atoms with Gasteiger partial charge in [-0.05, 0) is 54.8 Å². The van der Waals surface area contributed by atoms with Crippen molar-refractivity contribution >= 4 is 46.3 Å². The maximum Gasteiger partial charge on any atom is 0.293 e. The van der Waals surface area contributed by atoms with Gasteiger partial charge in [0.15, 0.2) is 5.69 Å². The van der Waals surface area contributed by atoms with E-state index in [0.717, 1.165) is 23.9 Å². The Labute approximate surface area is 203 Å². The third-order valence-corrected chi connectivity index (χ3v) is 5.82. The molecule has 14 heteroatoms. The predicted molar refractivity (Wildman–Crippen MR) is 125 cm³/mol. The molecule has 1 saturated heterocycles. The van der Waals surface area contributed by atoms with E-state index < -0.39 is 5.91 Å². The summed E-state index contributed by atoms with van der Waals surface area (Å²) >= 11 is 3.33. The number of nitrogens with zero attached hydrogens (tertiary/aromatic N) is 7. The van der Waals surface area contributed by atoms with Gasteiger partial charge in [0.2, 0.25) is 11.6 Å². The van der Waals surface area contributed by atoms with Gasteiger partial charge in [-0.1, -0.05) is 27.6 Å². The van der Waals surface area contributed by atoms with Gasteiger partial charge in [-0.3, -0.25) is 9.69 Å². The Bertz CT molecular complexity index is 1150. The third kappa shape index (κ3) is 5.49. The second-order valence-corrected chi connectivity index (χ2v) is 8.40. The molecule has 3 aromatic rings. The molecule has 12 nitrogen and oxygen atoms in total. The highest BCUT2D eigenvalue weighted by molar-refractivity contribution is 9.10. The van der Waals surface area contributed by atoms with E-state index in [2.05, 4.69) is 58.9 Å². The number of likely N-dealkylation sites (tertiary alicyclic amines) is 1. The average Bonchev–Trinajstić information content (AvgIpc) is 3.38. The van der Waals surface area contributed by atoms with E-state index in [1.54, 1.807) is 12.1 Å². The molecule has 1 unspecified atom stereocenters. The van der Waals surface area contributed by atoms with Gasteiger partial charge in [-0.15, -0.1) is 17.5 Å². The lowest BCUT2D eigenvalue weighted by Crippen LogP contribution is -2.38. The molecule has 0 saturated carbocycles. The van der Waals surface area contributed by atoms with Crippen molar-refractivity contribution in [3.8, 4) is 11.6 Å². The largest absolute Gasteiger partial charge is 0.507 e. The highest BCUT2D eigenvalue weighted by Crippen LogP contribution is 2.23. The molecule has 0 bridgehead atoms. The Hall–Kier alpha value is -3.03. The molecule has 1 fully saturated rings. The van der Waals surface area contributed by atoms with Crippen LogP contribution in [-0.2, 0) is 6.54 Å². The van der Waals surface area contributed by atoms with Gasteiger partial charge in [-0.2, -0.15) is 9.78 Å². The van der Waals surface area contributed by atoms with Crippen LogP contribution in [0.2, 0.25) is 0 Å². The first-order valence-corrected chi connectivity index (χ1v) is 10.8. The zero-order chi connectivity index (χ0) is 22.7. The van der Waals surface area contributed by atoms with E-state index in [9.17, 15) is 9.90 Å². The molecule has 33 heavy (non-hydrogen) atoms. The maximum absolute atomic E-state index is 12.9. The number of carbonyl (C=O) groups excluding carboxylic acids is 1. The summed E-state index contributed by atoms with van der Waals surface area (Å²) in [4.78, 5) is 15.1. The fraction of sp³-hybridized carbons (Fsp3) is 0.368. The van der Waals surface area contributed by atoms with E-state index >= 15 is 0 Å². The average molecular weight is 541 g/mol. The number of hydrogen-bond donors (Lipinski definition) is 3. The van der Waals surface area contributed by atoms with Crippen molar-refractivity contribution in [1.82, 2.24) is 35.6 Å². The van der Waals surface area contributed by atoms with Crippen LogP contribution in [0.4, 0.5) is 5.82 Å². The summed E-state index contributed by atoms with van der Waals surface area (Å²) in [7, 11) is 0. The lowest BCUT2D eigenvalue weighted by molar-refractivity contribution is 0.0945. The first kappa shape index (κ1) is 24.6. The SMILES string of the molecule is CC1CCCCN1Cc1c(C(=O)N/N=C\c2cc(Br)ccc2O)nnn1-c1nonc1N.Cl. The summed E-state index contributed by atoms with van der Waals surface area (Å²) < 4.78 is 6.82. The van der Waals surface area contributed by atoms with Crippen molar-refractivity contribution in [1.29, 1.82) is 0 Å². The number of nitrogens with two attached hydrogens (primary N) is 1. The van der Waals surface area contributed by atoms with Crippen molar-refractivity contribution < 1.29 is 14.5 Å². The minimum absolute atomic E-state index is 0. The van der Waals surface area contributed by atoms with Crippen molar-refractivity contribution in [2.45, 2.75) is 38.8 Å². The highest BCUT2D eigenvalue weighted by Gasteiger charge is 2.28. The number of hydrazone groups is 1. The number of phenols is 1. The summed E-state index contributed by atoms with van der Waals surface area (Å²) in [5, 5.41) is 29.3. The molecule has 1 aliphatic rings. The van der Waals surface area contributed by atoms with E-state index in [1.807, 2.05) is 0 Å².